The van der Waals surface area contributed by atoms with E-state index in [4.69, 9.17) is 4.42 Å². The normalized spacial score (nSPS) is 15.4. The molecule has 0 bridgehead atoms. The number of furan rings is 1. The number of ketones is 1. The van der Waals surface area contributed by atoms with Crippen molar-refractivity contribution in [3.63, 3.8) is 0 Å². The van der Waals surface area contributed by atoms with Gasteiger partial charge in [0.2, 0.25) is 10.0 Å². The first-order valence-electron chi connectivity index (χ1n) is 11.0. The van der Waals surface area contributed by atoms with E-state index in [0.717, 1.165) is 36.4 Å². The highest BCUT2D eigenvalue weighted by Gasteiger charge is 2.32. The topological polar surface area (TPSA) is 90.3 Å². The zero-order chi connectivity index (χ0) is 23.0. The summed E-state index contributed by atoms with van der Waals surface area (Å²) in [4.78, 5) is 13.4. The molecule has 0 amide bonds. The Kier molecular flexibility index (Phi) is 6.13. The first-order chi connectivity index (χ1) is 15.2. The van der Waals surface area contributed by atoms with Crippen LogP contribution in [0.5, 0.6) is 0 Å². The molecule has 0 N–H and O–H groups in total. The maximum Gasteiger partial charge on any atom is 0.246 e. The van der Waals surface area contributed by atoms with Crippen molar-refractivity contribution in [2.45, 2.75) is 64.9 Å². The van der Waals surface area contributed by atoms with Gasteiger partial charge in [0.1, 0.15) is 17.2 Å². The van der Waals surface area contributed by atoms with Gasteiger partial charge in [-0.3, -0.25) is 9.48 Å². The van der Waals surface area contributed by atoms with Gasteiger partial charge < -0.3 is 8.98 Å². The monoisotopic (exact) mass is 458 g/mol. The predicted octanol–water partition coefficient (Wildman–Crippen LogP) is 3.62. The van der Waals surface area contributed by atoms with Crippen molar-refractivity contribution in [3.8, 4) is 0 Å². The third-order valence-electron chi connectivity index (χ3n) is 6.29. The first kappa shape index (κ1) is 22.5. The molecule has 9 heteroatoms. The van der Waals surface area contributed by atoms with Gasteiger partial charge in [-0.25, -0.2) is 8.42 Å². The van der Waals surface area contributed by atoms with Crippen LogP contribution in [0.1, 0.15) is 58.2 Å². The number of piperidine rings is 1. The van der Waals surface area contributed by atoms with Crippen LogP contribution in [0.25, 0.3) is 0 Å². The summed E-state index contributed by atoms with van der Waals surface area (Å²) in [5, 5.41) is 4.42. The molecule has 3 aromatic rings. The van der Waals surface area contributed by atoms with Crippen LogP contribution in [0.3, 0.4) is 0 Å². The second-order valence-electron chi connectivity index (χ2n) is 8.50. The van der Waals surface area contributed by atoms with Crippen LogP contribution in [0.2, 0.25) is 0 Å². The SMILES string of the molecule is Cc1nn(CC(=O)c2cc(C)n(Cc3ccco3)c2C)c(C)c1S(=O)(=O)N1CCCCC1. The minimum Gasteiger partial charge on any atom is -0.467 e. The molecular weight excluding hydrogens is 428 g/mol. The maximum atomic E-state index is 13.2. The van der Waals surface area contributed by atoms with Crippen molar-refractivity contribution in [2.75, 3.05) is 13.1 Å². The van der Waals surface area contributed by atoms with E-state index >= 15 is 0 Å². The van der Waals surface area contributed by atoms with E-state index in [1.165, 1.54) is 4.68 Å². The molecule has 8 nitrogen and oxygen atoms in total. The number of nitrogens with zero attached hydrogens (tertiary/aromatic N) is 4. The molecule has 4 rings (SSSR count). The Morgan fingerprint density at radius 1 is 1.09 bits per heavy atom. The van der Waals surface area contributed by atoms with Crippen LogP contribution in [0.15, 0.2) is 33.8 Å². The average Bonchev–Trinajstić information content (AvgIpc) is 3.44. The highest BCUT2D eigenvalue weighted by Crippen LogP contribution is 2.27. The second kappa shape index (κ2) is 8.71. The molecule has 0 radical (unpaired) electrons. The Morgan fingerprint density at radius 2 is 1.81 bits per heavy atom. The molecule has 0 atom stereocenters. The van der Waals surface area contributed by atoms with Gasteiger partial charge in [-0.1, -0.05) is 6.42 Å². The van der Waals surface area contributed by atoms with E-state index in [1.807, 2.05) is 36.6 Å². The Morgan fingerprint density at radius 3 is 2.47 bits per heavy atom. The molecule has 4 heterocycles. The molecule has 32 heavy (non-hydrogen) atoms. The van der Waals surface area contributed by atoms with Crippen LogP contribution < -0.4 is 0 Å². The third-order valence-corrected chi connectivity index (χ3v) is 8.44. The zero-order valence-corrected chi connectivity index (χ0v) is 19.9. The van der Waals surface area contributed by atoms with Gasteiger partial charge in [0.25, 0.3) is 0 Å². The lowest BCUT2D eigenvalue weighted by Gasteiger charge is -2.25. The Balaban J connectivity index is 1.59. The van der Waals surface area contributed by atoms with Gasteiger partial charge in [-0.15, -0.1) is 0 Å². The van der Waals surface area contributed by atoms with Crippen molar-refractivity contribution in [1.82, 2.24) is 18.7 Å². The van der Waals surface area contributed by atoms with Gasteiger partial charge in [0.15, 0.2) is 5.78 Å². The van der Waals surface area contributed by atoms with Crippen molar-refractivity contribution in [1.29, 1.82) is 0 Å². The van der Waals surface area contributed by atoms with E-state index in [1.54, 1.807) is 24.4 Å². The van der Waals surface area contributed by atoms with Gasteiger partial charge in [-0.05, 0) is 58.7 Å². The summed E-state index contributed by atoms with van der Waals surface area (Å²) in [5.41, 5.74) is 3.37. The minimum atomic E-state index is -3.62. The number of hydrogen-bond acceptors (Lipinski definition) is 5. The van der Waals surface area contributed by atoms with E-state index in [9.17, 15) is 13.2 Å². The Labute approximate surface area is 188 Å². The number of sulfonamides is 1. The van der Waals surface area contributed by atoms with Crippen molar-refractivity contribution in [3.05, 3.63) is 58.6 Å². The molecule has 1 saturated heterocycles. The van der Waals surface area contributed by atoms with Gasteiger partial charge in [0.05, 0.1) is 24.2 Å². The molecule has 1 fully saturated rings. The lowest BCUT2D eigenvalue weighted by atomic mass is 10.1. The van der Waals surface area contributed by atoms with Gasteiger partial charge in [-0.2, -0.15) is 9.40 Å². The minimum absolute atomic E-state index is 0.00671. The van der Waals surface area contributed by atoms with E-state index in [2.05, 4.69) is 5.10 Å². The summed E-state index contributed by atoms with van der Waals surface area (Å²) in [6.07, 6.45) is 4.43. The summed E-state index contributed by atoms with van der Waals surface area (Å²) in [6.45, 7) is 8.91. The summed E-state index contributed by atoms with van der Waals surface area (Å²) in [5.74, 6) is 0.716. The molecule has 0 unspecified atom stereocenters. The third kappa shape index (κ3) is 4.06. The number of Topliss-reactive ketones (excluding diaryl/α,β-unsaturated/α-hetero) is 1. The largest absolute Gasteiger partial charge is 0.467 e. The van der Waals surface area contributed by atoms with Crippen molar-refractivity contribution >= 4 is 15.8 Å². The molecule has 172 valence electrons. The standard InChI is InChI=1S/C23H30N4O4S/c1-16-13-21(18(3)26(16)14-20-9-8-12-31-20)22(28)15-27-19(4)23(17(2)24-27)32(29,30)25-10-6-5-7-11-25/h8-9,12-13H,5-7,10-11,14-15H2,1-4H3. The fourth-order valence-corrected chi connectivity index (χ4v) is 6.44. The molecule has 3 aromatic heterocycles. The highest BCUT2D eigenvalue weighted by molar-refractivity contribution is 7.89. The average molecular weight is 459 g/mol. The summed E-state index contributed by atoms with van der Waals surface area (Å²) in [6, 6.07) is 5.62. The Hall–Kier alpha value is -2.65. The molecule has 1 aliphatic rings. The number of carbonyl (C=O) groups excluding carboxylic acids is 1. The van der Waals surface area contributed by atoms with E-state index in [0.29, 0.717) is 36.6 Å². The van der Waals surface area contributed by atoms with Crippen LogP contribution in [0, 0.1) is 27.7 Å². The molecule has 0 saturated carbocycles. The number of aromatic nitrogens is 3. The summed E-state index contributed by atoms with van der Waals surface area (Å²) in [7, 11) is -3.62. The second-order valence-corrected chi connectivity index (χ2v) is 10.4. The highest BCUT2D eigenvalue weighted by atomic mass is 32.2. The number of rotatable bonds is 7. The molecule has 0 aromatic carbocycles. The van der Waals surface area contributed by atoms with E-state index < -0.39 is 10.0 Å². The lowest BCUT2D eigenvalue weighted by molar-refractivity contribution is 0.0966. The van der Waals surface area contributed by atoms with Crippen LogP contribution >= 0.6 is 0 Å². The fourth-order valence-electron chi connectivity index (χ4n) is 4.55. The number of carbonyl (C=O) groups is 1. The lowest BCUT2D eigenvalue weighted by Crippen LogP contribution is -2.36. The molecule has 0 spiro atoms. The van der Waals surface area contributed by atoms with E-state index in [-0.39, 0.29) is 17.2 Å². The Bertz CT molecular complexity index is 1230. The number of aryl methyl sites for hydroxylation is 2. The van der Waals surface area contributed by atoms with Crippen LogP contribution in [0.4, 0.5) is 0 Å². The maximum absolute atomic E-state index is 13.2. The van der Waals surface area contributed by atoms with Gasteiger partial charge in [0, 0.05) is 30.0 Å². The summed E-state index contributed by atoms with van der Waals surface area (Å²) >= 11 is 0. The summed E-state index contributed by atoms with van der Waals surface area (Å²) < 4.78 is 37.0. The van der Waals surface area contributed by atoms with Gasteiger partial charge >= 0.3 is 0 Å². The predicted molar refractivity (Wildman–Crippen MR) is 120 cm³/mol. The van der Waals surface area contributed by atoms with Crippen molar-refractivity contribution < 1.29 is 17.6 Å². The zero-order valence-electron chi connectivity index (χ0n) is 19.1. The fraction of sp³-hybridized carbons (Fsp3) is 0.478. The van der Waals surface area contributed by atoms with Crippen LogP contribution in [-0.4, -0.2) is 45.9 Å². The first-order valence-corrected chi connectivity index (χ1v) is 12.4. The molecule has 0 aliphatic carbocycles. The van der Waals surface area contributed by atoms with Crippen LogP contribution in [-0.2, 0) is 23.1 Å². The molecule has 1 aliphatic heterocycles. The smallest absolute Gasteiger partial charge is 0.246 e. The number of hydrogen-bond donors (Lipinski definition) is 0. The molecular formula is C23H30N4O4S. The van der Waals surface area contributed by atoms with Crippen molar-refractivity contribution in [2.24, 2.45) is 0 Å². The quantitative estimate of drug-likeness (QED) is 0.505.